The number of fused-ring (bicyclic) bond motifs is 1. The summed E-state index contributed by atoms with van der Waals surface area (Å²) in [6.07, 6.45) is 0. The summed E-state index contributed by atoms with van der Waals surface area (Å²) >= 11 is 0. The summed E-state index contributed by atoms with van der Waals surface area (Å²) < 4.78 is 27.3. The molecule has 0 saturated carbocycles. The molecule has 1 amide bonds. The van der Waals surface area contributed by atoms with Crippen molar-refractivity contribution in [2.24, 2.45) is 0 Å². The number of H-pyrrole nitrogens is 2. The number of benzene rings is 1. The van der Waals surface area contributed by atoms with Crippen LogP contribution in [0, 0.1) is 0 Å². The fourth-order valence-corrected chi connectivity index (χ4v) is 4.85. The second-order valence-electron chi connectivity index (χ2n) is 6.86. The summed E-state index contributed by atoms with van der Waals surface area (Å²) in [5, 5.41) is 0. The monoisotopic (exact) mass is 423 g/mol. The predicted octanol–water partition coefficient (Wildman–Crippen LogP) is -0.609. The number of carbonyl (C=O) groups excluding carboxylic acids is 1. The molecule has 1 aromatic heterocycles. The lowest BCUT2D eigenvalue weighted by atomic mass is 10.3. The standard InChI is InChI=1S/C18H25N5O5S/c1-3-22(4-2)16(24)12-21-7-9-23(10-8-21)29(27,28)13-5-6-14-15(11-13)20-18(26)17(25)19-14/h5-6,11H,3-4,7-10,12H2,1-2H3,(H,19,25)(H,20,26). The van der Waals surface area contributed by atoms with Gasteiger partial charge >= 0.3 is 11.1 Å². The van der Waals surface area contributed by atoms with E-state index in [1.54, 1.807) is 4.90 Å². The van der Waals surface area contributed by atoms with Crippen molar-refractivity contribution in [3.05, 3.63) is 38.9 Å². The molecule has 11 heteroatoms. The average molecular weight is 423 g/mol. The molecule has 1 aliphatic rings. The van der Waals surface area contributed by atoms with Crippen molar-refractivity contribution in [1.82, 2.24) is 24.1 Å². The van der Waals surface area contributed by atoms with E-state index < -0.39 is 21.1 Å². The molecule has 158 valence electrons. The van der Waals surface area contributed by atoms with Gasteiger partial charge in [0.2, 0.25) is 15.9 Å². The van der Waals surface area contributed by atoms with Gasteiger partial charge in [-0.2, -0.15) is 4.31 Å². The molecule has 10 nitrogen and oxygen atoms in total. The fourth-order valence-electron chi connectivity index (χ4n) is 3.40. The second kappa shape index (κ2) is 8.47. The molecule has 29 heavy (non-hydrogen) atoms. The minimum Gasteiger partial charge on any atom is -0.342 e. The zero-order valence-corrected chi connectivity index (χ0v) is 17.3. The molecule has 1 aromatic carbocycles. The summed E-state index contributed by atoms with van der Waals surface area (Å²) in [5.41, 5.74) is -1.02. The molecule has 2 N–H and O–H groups in total. The second-order valence-corrected chi connectivity index (χ2v) is 8.80. The van der Waals surface area contributed by atoms with Gasteiger partial charge in [-0.1, -0.05) is 0 Å². The maximum Gasteiger partial charge on any atom is 0.314 e. The van der Waals surface area contributed by atoms with E-state index in [1.165, 1.54) is 22.5 Å². The largest absolute Gasteiger partial charge is 0.342 e. The van der Waals surface area contributed by atoms with Crippen molar-refractivity contribution in [1.29, 1.82) is 0 Å². The SMILES string of the molecule is CCN(CC)C(=O)CN1CCN(S(=O)(=O)c2ccc3[nH]c(=O)c(=O)[nH]c3c2)CC1. The number of amides is 1. The third kappa shape index (κ3) is 4.41. The van der Waals surface area contributed by atoms with Crippen LogP contribution in [0.4, 0.5) is 0 Å². The number of rotatable bonds is 6. The molecule has 0 spiro atoms. The van der Waals surface area contributed by atoms with Crippen LogP contribution in [0.2, 0.25) is 0 Å². The molecule has 1 saturated heterocycles. The lowest BCUT2D eigenvalue weighted by Gasteiger charge is -2.34. The number of piperazine rings is 1. The first-order valence-electron chi connectivity index (χ1n) is 9.53. The lowest BCUT2D eigenvalue weighted by molar-refractivity contribution is -0.132. The molecule has 0 unspecified atom stereocenters. The zero-order chi connectivity index (χ0) is 21.2. The Morgan fingerprint density at radius 1 is 1.00 bits per heavy atom. The normalized spacial score (nSPS) is 16.2. The fraction of sp³-hybridized carbons (Fsp3) is 0.500. The van der Waals surface area contributed by atoms with Gasteiger partial charge in [-0.25, -0.2) is 8.42 Å². The predicted molar refractivity (Wildman–Crippen MR) is 108 cm³/mol. The van der Waals surface area contributed by atoms with Gasteiger partial charge in [-0.3, -0.25) is 19.3 Å². The maximum absolute atomic E-state index is 13.0. The molecule has 1 aliphatic heterocycles. The van der Waals surface area contributed by atoms with Crippen molar-refractivity contribution in [3.8, 4) is 0 Å². The van der Waals surface area contributed by atoms with Crippen LogP contribution in [0.1, 0.15) is 13.8 Å². The van der Waals surface area contributed by atoms with Crippen molar-refractivity contribution >= 4 is 27.0 Å². The Morgan fingerprint density at radius 3 is 2.17 bits per heavy atom. The minimum absolute atomic E-state index is 0.0405. The Morgan fingerprint density at radius 2 is 1.59 bits per heavy atom. The number of sulfonamides is 1. The van der Waals surface area contributed by atoms with Crippen LogP contribution in [-0.4, -0.2) is 84.2 Å². The number of carbonyl (C=O) groups is 1. The van der Waals surface area contributed by atoms with E-state index >= 15 is 0 Å². The van der Waals surface area contributed by atoms with Crippen LogP contribution < -0.4 is 11.1 Å². The van der Waals surface area contributed by atoms with Crippen LogP contribution in [0.3, 0.4) is 0 Å². The van der Waals surface area contributed by atoms with E-state index in [4.69, 9.17) is 0 Å². The van der Waals surface area contributed by atoms with E-state index in [0.717, 1.165) is 0 Å². The van der Waals surface area contributed by atoms with Gasteiger partial charge in [0.1, 0.15) is 0 Å². The van der Waals surface area contributed by atoms with Gasteiger partial charge in [0.25, 0.3) is 0 Å². The van der Waals surface area contributed by atoms with Gasteiger partial charge in [-0.05, 0) is 32.0 Å². The van der Waals surface area contributed by atoms with Crippen molar-refractivity contribution < 1.29 is 13.2 Å². The molecule has 2 heterocycles. The van der Waals surface area contributed by atoms with Crippen LogP contribution in [0.5, 0.6) is 0 Å². The minimum atomic E-state index is -3.76. The van der Waals surface area contributed by atoms with Crippen LogP contribution >= 0.6 is 0 Å². The first-order valence-corrected chi connectivity index (χ1v) is 11.0. The topological polar surface area (TPSA) is 127 Å². The summed E-state index contributed by atoms with van der Waals surface area (Å²) in [5.74, 6) is 0.0405. The first kappa shape index (κ1) is 21.2. The van der Waals surface area contributed by atoms with E-state index in [9.17, 15) is 22.8 Å². The van der Waals surface area contributed by atoms with Crippen molar-refractivity contribution in [2.45, 2.75) is 18.7 Å². The first-order chi connectivity index (χ1) is 13.8. The molecular formula is C18H25N5O5S. The number of aromatic nitrogens is 2. The van der Waals surface area contributed by atoms with Crippen LogP contribution in [0.15, 0.2) is 32.7 Å². The van der Waals surface area contributed by atoms with Gasteiger partial charge in [0.05, 0.1) is 22.5 Å². The lowest BCUT2D eigenvalue weighted by Crippen LogP contribution is -2.51. The molecule has 0 aliphatic carbocycles. The number of hydrogen-bond acceptors (Lipinski definition) is 6. The Kier molecular flexibility index (Phi) is 6.20. The quantitative estimate of drug-likeness (QED) is 0.597. The molecule has 0 bridgehead atoms. The molecule has 0 atom stereocenters. The van der Waals surface area contributed by atoms with Crippen molar-refractivity contribution in [3.63, 3.8) is 0 Å². The van der Waals surface area contributed by atoms with Crippen molar-refractivity contribution in [2.75, 3.05) is 45.8 Å². The van der Waals surface area contributed by atoms with E-state index in [2.05, 4.69) is 9.97 Å². The van der Waals surface area contributed by atoms with Crippen LogP contribution in [0.25, 0.3) is 11.0 Å². The van der Waals surface area contributed by atoms with Gasteiger partial charge < -0.3 is 14.9 Å². The highest BCUT2D eigenvalue weighted by molar-refractivity contribution is 7.89. The third-order valence-corrected chi connectivity index (χ3v) is 7.03. The summed E-state index contributed by atoms with van der Waals surface area (Å²) in [6, 6.07) is 4.21. The Balaban J connectivity index is 1.72. The van der Waals surface area contributed by atoms with Gasteiger partial charge in [0, 0.05) is 39.3 Å². The number of likely N-dealkylation sites (N-methyl/N-ethyl adjacent to an activating group) is 1. The Labute approximate surface area is 168 Å². The van der Waals surface area contributed by atoms with E-state index in [-0.39, 0.29) is 36.0 Å². The zero-order valence-electron chi connectivity index (χ0n) is 16.5. The smallest absolute Gasteiger partial charge is 0.314 e. The average Bonchev–Trinajstić information content (AvgIpc) is 2.70. The van der Waals surface area contributed by atoms with E-state index in [1.807, 2.05) is 18.7 Å². The number of nitrogens with zero attached hydrogens (tertiary/aromatic N) is 3. The molecule has 1 fully saturated rings. The van der Waals surface area contributed by atoms with Gasteiger partial charge in [0.15, 0.2) is 0 Å². The third-order valence-electron chi connectivity index (χ3n) is 5.14. The molecule has 2 aromatic rings. The molecule has 0 radical (unpaired) electrons. The maximum atomic E-state index is 13.0. The summed E-state index contributed by atoms with van der Waals surface area (Å²) in [7, 11) is -3.76. The van der Waals surface area contributed by atoms with Gasteiger partial charge in [-0.15, -0.1) is 0 Å². The molecule has 3 rings (SSSR count). The highest BCUT2D eigenvalue weighted by Crippen LogP contribution is 2.20. The number of hydrogen-bond donors (Lipinski definition) is 2. The van der Waals surface area contributed by atoms with Crippen LogP contribution in [-0.2, 0) is 14.8 Å². The molecular weight excluding hydrogens is 398 g/mol. The number of nitrogens with one attached hydrogen (secondary N) is 2. The van der Waals surface area contributed by atoms with E-state index in [0.29, 0.717) is 31.7 Å². The summed E-state index contributed by atoms with van der Waals surface area (Å²) in [6.45, 7) is 6.91. The Bertz CT molecular complexity index is 1110. The number of aromatic amines is 2. The Hall–Kier alpha value is -2.50. The highest BCUT2D eigenvalue weighted by Gasteiger charge is 2.29. The highest BCUT2D eigenvalue weighted by atomic mass is 32.2. The summed E-state index contributed by atoms with van der Waals surface area (Å²) in [4.78, 5) is 43.7.